The largest absolute Gasteiger partial charge is 0.493 e. The first-order valence-electron chi connectivity index (χ1n) is 12.3. The van der Waals surface area contributed by atoms with E-state index >= 15 is 0 Å². The zero-order valence-corrected chi connectivity index (χ0v) is 22.0. The van der Waals surface area contributed by atoms with Gasteiger partial charge in [0.05, 0.1) is 27.1 Å². The molecule has 3 aromatic rings. The van der Waals surface area contributed by atoms with Crippen molar-refractivity contribution in [3.8, 4) is 28.4 Å². The van der Waals surface area contributed by atoms with Crippen LogP contribution in [-0.4, -0.2) is 44.7 Å². The van der Waals surface area contributed by atoms with Gasteiger partial charge in [-0.05, 0) is 62.9 Å². The molecule has 6 heteroatoms. The predicted octanol–water partition coefficient (Wildman–Crippen LogP) is 6.88. The highest BCUT2D eigenvalue weighted by molar-refractivity contribution is 6.01. The van der Waals surface area contributed by atoms with E-state index in [4.69, 9.17) is 18.6 Å². The summed E-state index contributed by atoms with van der Waals surface area (Å²) >= 11 is 0. The third-order valence-corrected chi connectivity index (χ3v) is 6.09. The van der Waals surface area contributed by atoms with Gasteiger partial charge in [0, 0.05) is 41.2 Å². The Labute approximate surface area is 208 Å². The van der Waals surface area contributed by atoms with Crippen LogP contribution < -0.4 is 14.2 Å². The molecule has 0 aliphatic rings. The lowest BCUT2D eigenvalue weighted by molar-refractivity contribution is -0.126. The van der Waals surface area contributed by atoms with Crippen LogP contribution in [0.4, 0.5) is 0 Å². The number of furan rings is 1. The molecular weight excluding hydrogens is 442 g/mol. The van der Waals surface area contributed by atoms with Gasteiger partial charge in [-0.2, -0.15) is 0 Å². The molecule has 2 aromatic carbocycles. The summed E-state index contributed by atoms with van der Waals surface area (Å²) in [6.07, 6.45) is 5.34. The molecule has 6 nitrogen and oxygen atoms in total. The molecule has 3 rings (SSSR count). The summed E-state index contributed by atoms with van der Waals surface area (Å²) in [5, 5.41) is 0.951. The van der Waals surface area contributed by atoms with Crippen LogP contribution in [-0.2, 0) is 4.79 Å². The van der Waals surface area contributed by atoms with Crippen LogP contribution >= 0.6 is 0 Å². The fourth-order valence-corrected chi connectivity index (χ4v) is 4.39. The lowest BCUT2D eigenvalue weighted by Crippen LogP contribution is -2.31. The Kier molecular flexibility index (Phi) is 8.85. The number of ether oxygens (including phenoxy) is 3. The van der Waals surface area contributed by atoms with E-state index in [9.17, 15) is 4.79 Å². The molecular formula is C29H37NO5. The second kappa shape index (κ2) is 11.8. The molecule has 0 N–H and O–H groups in total. The zero-order valence-electron chi connectivity index (χ0n) is 22.0. The molecule has 0 atom stereocenters. The second-order valence-electron chi connectivity index (χ2n) is 8.56. The van der Waals surface area contributed by atoms with Crippen molar-refractivity contribution in [3.63, 3.8) is 0 Å². The van der Waals surface area contributed by atoms with Gasteiger partial charge in [0.2, 0.25) is 5.91 Å². The van der Waals surface area contributed by atoms with E-state index in [0.717, 1.165) is 70.5 Å². The van der Waals surface area contributed by atoms with E-state index in [1.807, 2.05) is 43.9 Å². The van der Waals surface area contributed by atoms with Crippen molar-refractivity contribution >= 4 is 22.4 Å². The Balaban J connectivity index is 2.16. The Morgan fingerprint density at radius 1 is 1.03 bits per heavy atom. The van der Waals surface area contributed by atoms with Crippen LogP contribution in [0, 0.1) is 6.92 Å². The highest BCUT2D eigenvalue weighted by atomic mass is 16.5. The van der Waals surface area contributed by atoms with Crippen LogP contribution in [0.2, 0.25) is 0 Å². The summed E-state index contributed by atoms with van der Waals surface area (Å²) in [5.74, 6) is 2.09. The fourth-order valence-electron chi connectivity index (χ4n) is 4.39. The third-order valence-electron chi connectivity index (χ3n) is 6.09. The number of rotatable bonds is 11. The number of allylic oxidation sites excluding steroid dienone is 1. The van der Waals surface area contributed by atoms with Crippen molar-refractivity contribution in [1.29, 1.82) is 0 Å². The zero-order chi connectivity index (χ0) is 25.5. The van der Waals surface area contributed by atoms with Crippen LogP contribution in [0.25, 0.3) is 27.7 Å². The number of methoxy groups -OCH3 is 2. The smallest absolute Gasteiger partial charge is 0.246 e. The van der Waals surface area contributed by atoms with Crippen molar-refractivity contribution < 1.29 is 23.4 Å². The van der Waals surface area contributed by atoms with Gasteiger partial charge in [0.1, 0.15) is 11.3 Å². The maximum absolute atomic E-state index is 13.1. The molecule has 35 heavy (non-hydrogen) atoms. The number of nitrogens with zero attached hydrogens (tertiary/aromatic N) is 1. The first kappa shape index (κ1) is 26.2. The van der Waals surface area contributed by atoms with Crippen LogP contribution in [0.5, 0.6) is 17.2 Å². The lowest BCUT2D eigenvalue weighted by Gasteiger charge is -2.20. The minimum Gasteiger partial charge on any atom is -0.493 e. The second-order valence-corrected chi connectivity index (χ2v) is 8.56. The summed E-state index contributed by atoms with van der Waals surface area (Å²) in [6, 6.07) is 7.87. The average molecular weight is 480 g/mol. The number of amides is 1. The summed E-state index contributed by atoms with van der Waals surface area (Å²) in [5.41, 5.74) is 5.31. The van der Waals surface area contributed by atoms with Gasteiger partial charge in [-0.3, -0.25) is 4.79 Å². The van der Waals surface area contributed by atoms with E-state index < -0.39 is 0 Å². The van der Waals surface area contributed by atoms with Gasteiger partial charge in [0.15, 0.2) is 11.5 Å². The highest BCUT2D eigenvalue weighted by Crippen LogP contribution is 2.42. The number of hydrogen-bond donors (Lipinski definition) is 0. The molecule has 0 saturated heterocycles. The van der Waals surface area contributed by atoms with E-state index in [1.54, 1.807) is 26.6 Å². The number of carbonyl (C=O) groups excluding carboxylic acids is 1. The first-order chi connectivity index (χ1) is 16.9. The Morgan fingerprint density at radius 2 is 1.71 bits per heavy atom. The van der Waals surface area contributed by atoms with E-state index in [2.05, 4.69) is 19.9 Å². The van der Waals surface area contributed by atoms with E-state index in [1.165, 1.54) is 0 Å². The van der Waals surface area contributed by atoms with Crippen molar-refractivity contribution in [1.82, 2.24) is 4.90 Å². The number of carbonyl (C=O) groups is 1. The average Bonchev–Trinajstić information content (AvgIpc) is 3.29. The minimum atomic E-state index is 0.0266. The molecule has 0 saturated carbocycles. The molecule has 1 aromatic heterocycles. The molecule has 1 amide bonds. The molecule has 0 aliphatic carbocycles. The molecule has 1 heterocycles. The van der Waals surface area contributed by atoms with Crippen molar-refractivity contribution in [2.24, 2.45) is 0 Å². The van der Waals surface area contributed by atoms with Crippen LogP contribution in [0.1, 0.15) is 51.7 Å². The first-order valence-corrected chi connectivity index (χ1v) is 12.3. The fraction of sp³-hybridized carbons (Fsp3) is 0.414. The van der Waals surface area contributed by atoms with Crippen molar-refractivity contribution in [2.75, 3.05) is 33.9 Å². The summed E-state index contributed by atoms with van der Waals surface area (Å²) in [7, 11) is 3.24. The molecule has 0 aliphatic heterocycles. The van der Waals surface area contributed by atoms with E-state index in [-0.39, 0.29) is 5.91 Å². The normalized spacial score (nSPS) is 11.6. The third kappa shape index (κ3) is 5.47. The molecule has 0 unspecified atom stereocenters. The van der Waals surface area contributed by atoms with Gasteiger partial charge in [0.25, 0.3) is 0 Å². The van der Waals surface area contributed by atoms with Crippen molar-refractivity contribution in [3.05, 3.63) is 47.7 Å². The number of hydrogen-bond acceptors (Lipinski definition) is 5. The molecule has 0 spiro atoms. The summed E-state index contributed by atoms with van der Waals surface area (Å²) < 4.78 is 23.0. The quantitative estimate of drug-likeness (QED) is 0.281. The standard InChI is InChI=1S/C29H37NO5/c1-8-13-30(14-9-2)27(31)15-19(4)22-17-23-24(18-35-29(23)20(5)28(22)34-10-3)21-11-12-25(32-6)26(16-21)33-7/h11-12,15-18H,8-10,13-14H2,1-7H3/b19-15+. The molecule has 0 radical (unpaired) electrons. The molecule has 188 valence electrons. The Bertz CT molecular complexity index is 1200. The van der Waals surface area contributed by atoms with Crippen LogP contribution in [0.3, 0.4) is 0 Å². The number of aryl methyl sites for hydroxylation is 1. The highest BCUT2D eigenvalue weighted by Gasteiger charge is 2.20. The lowest BCUT2D eigenvalue weighted by atomic mass is 9.96. The van der Waals surface area contributed by atoms with Gasteiger partial charge in [-0.25, -0.2) is 0 Å². The van der Waals surface area contributed by atoms with Crippen LogP contribution in [0.15, 0.2) is 41.0 Å². The van der Waals surface area contributed by atoms with Gasteiger partial charge in [-0.1, -0.05) is 19.9 Å². The summed E-state index contributed by atoms with van der Waals surface area (Å²) in [4.78, 5) is 15.0. The Hall–Kier alpha value is -3.41. The monoisotopic (exact) mass is 479 g/mol. The SMILES string of the molecule is CCCN(CCC)C(=O)/C=C(\C)c1cc2c(-c3ccc(OC)c(OC)c3)coc2c(C)c1OCC. The summed E-state index contributed by atoms with van der Waals surface area (Å²) in [6.45, 7) is 12.1. The number of fused-ring (bicyclic) bond motifs is 1. The maximum atomic E-state index is 13.1. The molecule has 0 fully saturated rings. The predicted molar refractivity (Wildman–Crippen MR) is 141 cm³/mol. The van der Waals surface area contributed by atoms with Gasteiger partial charge in [-0.15, -0.1) is 0 Å². The Morgan fingerprint density at radius 3 is 2.31 bits per heavy atom. The molecule has 0 bridgehead atoms. The van der Waals surface area contributed by atoms with E-state index in [0.29, 0.717) is 18.1 Å². The minimum absolute atomic E-state index is 0.0266. The topological polar surface area (TPSA) is 61.1 Å². The van der Waals surface area contributed by atoms with Crippen molar-refractivity contribution in [2.45, 2.75) is 47.5 Å². The van der Waals surface area contributed by atoms with Gasteiger partial charge >= 0.3 is 0 Å². The number of benzene rings is 2. The maximum Gasteiger partial charge on any atom is 0.246 e. The van der Waals surface area contributed by atoms with Gasteiger partial charge < -0.3 is 23.5 Å².